The van der Waals surface area contributed by atoms with Gasteiger partial charge in [-0.2, -0.15) is 0 Å². The molecule has 40 heavy (non-hydrogen) atoms. The van der Waals surface area contributed by atoms with E-state index >= 15 is 0 Å². The molecule has 4 aliphatic rings. The lowest BCUT2D eigenvalue weighted by molar-refractivity contribution is -0.136. The Bertz CT molecular complexity index is 1470. The average Bonchev–Trinajstić information content (AvgIpc) is 3.67. The number of hydrogen-bond acceptors (Lipinski definition) is 5. The third-order valence-corrected chi connectivity index (χ3v) is 8.88. The van der Waals surface area contributed by atoms with Crippen molar-refractivity contribution in [3.63, 3.8) is 0 Å². The number of likely N-dealkylation sites (tertiary alicyclic amines) is 2. The van der Waals surface area contributed by atoms with E-state index in [0.717, 1.165) is 18.5 Å². The Morgan fingerprint density at radius 3 is 2.17 bits per heavy atom. The molecule has 3 saturated heterocycles. The average molecular weight is 535 g/mol. The van der Waals surface area contributed by atoms with E-state index in [1.54, 1.807) is 12.1 Å². The monoisotopic (exact) mass is 534 g/mol. The molecule has 3 atom stereocenters. The molecule has 4 heterocycles. The Labute approximate surface area is 232 Å². The Morgan fingerprint density at radius 1 is 0.850 bits per heavy atom. The van der Waals surface area contributed by atoms with Crippen LogP contribution in [0.1, 0.15) is 62.7 Å². The van der Waals surface area contributed by atoms with Crippen LogP contribution in [0.2, 0.25) is 0 Å². The Kier molecular flexibility index (Phi) is 6.00. The summed E-state index contributed by atoms with van der Waals surface area (Å²) in [6, 6.07) is 26.2. The second-order valence-corrected chi connectivity index (χ2v) is 11.2. The molecule has 1 unspecified atom stereocenters. The maximum absolute atomic E-state index is 13.7. The first kappa shape index (κ1) is 24.7. The first-order valence-corrected chi connectivity index (χ1v) is 13.9. The molecule has 4 amide bonds. The highest BCUT2D eigenvalue weighted by Crippen LogP contribution is 2.40. The van der Waals surface area contributed by atoms with Crippen LogP contribution in [-0.2, 0) is 16.1 Å². The number of carbonyl (C=O) groups is 4. The van der Waals surface area contributed by atoms with Crippen LogP contribution in [0.5, 0.6) is 0 Å². The summed E-state index contributed by atoms with van der Waals surface area (Å²) in [4.78, 5) is 56.8. The first-order chi connectivity index (χ1) is 19.5. The highest BCUT2D eigenvalue weighted by Gasteiger charge is 2.48. The molecule has 4 aliphatic heterocycles. The van der Waals surface area contributed by atoms with E-state index in [1.165, 1.54) is 16.0 Å². The summed E-state index contributed by atoms with van der Waals surface area (Å²) in [6.07, 6.45) is 1.47. The lowest BCUT2D eigenvalue weighted by atomic mass is 9.96. The lowest BCUT2D eigenvalue weighted by Crippen LogP contribution is -2.52. The number of rotatable bonds is 5. The number of imide groups is 1. The van der Waals surface area contributed by atoms with Crippen LogP contribution < -0.4 is 5.32 Å². The molecular weight excluding hydrogens is 504 g/mol. The molecule has 0 aliphatic carbocycles. The predicted octanol–water partition coefficient (Wildman–Crippen LogP) is 3.14. The largest absolute Gasteiger partial charge is 0.333 e. The van der Waals surface area contributed by atoms with Crippen LogP contribution in [-0.4, -0.2) is 69.5 Å². The van der Waals surface area contributed by atoms with Gasteiger partial charge in [0.1, 0.15) is 6.04 Å². The van der Waals surface area contributed by atoms with Crippen molar-refractivity contribution >= 4 is 23.6 Å². The number of carbonyl (C=O) groups excluding carboxylic acids is 4. The zero-order valence-electron chi connectivity index (χ0n) is 22.0. The van der Waals surface area contributed by atoms with Crippen LogP contribution in [0, 0.1) is 0 Å². The Hall–Kier alpha value is -4.30. The normalized spacial score (nSPS) is 24.1. The highest BCUT2D eigenvalue weighted by atomic mass is 16.2. The smallest absolute Gasteiger partial charge is 0.255 e. The van der Waals surface area contributed by atoms with Crippen molar-refractivity contribution < 1.29 is 19.2 Å². The molecule has 0 radical (unpaired) electrons. The van der Waals surface area contributed by atoms with Gasteiger partial charge in [0, 0.05) is 49.3 Å². The second kappa shape index (κ2) is 9.71. The quantitative estimate of drug-likeness (QED) is 0.508. The van der Waals surface area contributed by atoms with Crippen LogP contribution >= 0.6 is 0 Å². The zero-order valence-corrected chi connectivity index (χ0v) is 22.0. The van der Waals surface area contributed by atoms with Gasteiger partial charge < -0.3 is 9.80 Å². The van der Waals surface area contributed by atoms with Crippen molar-refractivity contribution in [2.24, 2.45) is 0 Å². The lowest BCUT2D eigenvalue weighted by Gasteiger charge is -2.39. The van der Waals surface area contributed by atoms with Crippen LogP contribution in [0.25, 0.3) is 0 Å². The number of hydrogen-bond donors (Lipinski definition) is 1. The van der Waals surface area contributed by atoms with Crippen LogP contribution in [0.15, 0.2) is 78.9 Å². The SMILES string of the molecule is O=C1CCC(N2Cc3cc(C(=O)N4C[C@H]5C[C@@H]4CN5C(c4ccccc4)c4ccccc4)ccc3C2=O)C(=O)N1. The number of nitrogens with one attached hydrogen (secondary N) is 1. The van der Waals surface area contributed by atoms with Crippen molar-refractivity contribution in [3.8, 4) is 0 Å². The minimum atomic E-state index is -0.667. The molecule has 1 N–H and O–H groups in total. The van der Waals surface area contributed by atoms with Crippen molar-refractivity contribution in [3.05, 3.63) is 107 Å². The fourth-order valence-corrected chi connectivity index (χ4v) is 6.98. The van der Waals surface area contributed by atoms with Gasteiger partial charge in [0.15, 0.2) is 0 Å². The molecule has 3 aromatic carbocycles. The molecular formula is C32H30N4O4. The maximum Gasteiger partial charge on any atom is 0.255 e. The summed E-state index contributed by atoms with van der Waals surface area (Å²) in [7, 11) is 0. The maximum atomic E-state index is 13.7. The Balaban J connectivity index is 1.08. The molecule has 8 nitrogen and oxygen atoms in total. The molecule has 8 heteroatoms. The van der Waals surface area contributed by atoms with Gasteiger partial charge in [-0.25, -0.2) is 0 Å². The van der Waals surface area contributed by atoms with Gasteiger partial charge >= 0.3 is 0 Å². The summed E-state index contributed by atoms with van der Waals surface area (Å²) in [5, 5.41) is 2.33. The topological polar surface area (TPSA) is 90.0 Å². The molecule has 0 aromatic heterocycles. The standard InChI is InChI=1S/C32H30N4O4/c37-28-14-13-27(30(38)33-28)36-17-23-15-22(11-12-26(23)32(36)40)31(39)35-19-24-16-25(35)18-34(24)29(20-7-3-1-4-8-20)21-9-5-2-6-10-21/h1-12,15,24-25,27,29H,13-14,16-19H2,(H,33,37,38)/t24-,25-,27?/m1/s1. The molecule has 202 valence electrons. The number of amides is 4. The zero-order chi connectivity index (χ0) is 27.4. The van der Waals surface area contributed by atoms with Gasteiger partial charge in [-0.3, -0.25) is 29.4 Å². The van der Waals surface area contributed by atoms with E-state index in [4.69, 9.17) is 0 Å². The van der Waals surface area contributed by atoms with Crippen molar-refractivity contribution in [2.75, 3.05) is 13.1 Å². The molecule has 7 rings (SSSR count). The molecule has 0 saturated carbocycles. The van der Waals surface area contributed by atoms with E-state index in [2.05, 4.69) is 58.7 Å². The molecule has 0 spiro atoms. The van der Waals surface area contributed by atoms with Gasteiger partial charge in [0.2, 0.25) is 11.8 Å². The van der Waals surface area contributed by atoms with Crippen molar-refractivity contribution in [2.45, 2.75) is 50.0 Å². The second-order valence-electron chi connectivity index (χ2n) is 11.2. The summed E-state index contributed by atoms with van der Waals surface area (Å²) in [5.74, 6) is -0.989. The molecule has 3 aromatic rings. The summed E-state index contributed by atoms with van der Waals surface area (Å²) in [5.41, 5.74) is 4.34. The van der Waals surface area contributed by atoms with Gasteiger partial charge in [-0.05, 0) is 47.7 Å². The first-order valence-electron chi connectivity index (χ1n) is 13.9. The van der Waals surface area contributed by atoms with Gasteiger partial charge in [0.25, 0.3) is 11.8 Å². The Morgan fingerprint density at radius 2 is 1.55 bits per heavy atom. The number of nitrogens with zero attached hydrogens (tertiary/aromatic N) is 3. The number of fused-ring (bicyclic) bond motifs is 3. The summed E-state index contributed by atoms with van der Waals surface area (Å²) >= 11 is 0. The fraction of sp³-hybridized carbons (Fsp3) is 0.312. The van der Waals surface area contributed by atoms with E-state index < -0.39 is 11.9 Å². The van der Waals surface area contributed by atoms with Gasteiger partial charge in [0.05, 0.1) is 6.04 Å². The third-order valence-electron chi connectivity index (χ3n) is 8.88. The number of piperazine rings is 1. The minimum absolute atomic E-state index is 0.0159. The molecule has 3 fully saturated rings. The van der Waals surface area contributed by atoms with E-state index in [9.17, 15) is 19.2 Å². The third kappa shape index (κ3) is 4.10. The number of piperidine rings is 1. The summed E-state index contributed by atoms with van der Waals surface area (Å²) < 4.78 is 0. The highest BCUT2D eigenvalue weighted by molar-refractivity contribution is 6.06. The van der Waals surface area contributed by atoms with Crippen molar-refractivity contribution in [1.29, 1.82) is 0 Å². The fourth-order valence-electron chi connectivity index (χ4n) is 6.98. The van der Waals surface area contributed by atoms with Crippen LogP contribution in [0.3, 0.4) is 0 Å². The van der Waals surface area contributed by atoms with Crippen molar-refractivity contribution in [1.82, 2.24) is 20.0 Å². The summed E-state index contributed by atoms with van der Waals surface area (Å²) in [6.45, 7) is 1.73. The van der Waals surface area contributed by atoms with Gasteiger partial charge in [-0.15, -0.1) is 0 Å². The van der Waals surface area contributed by atoms with Crippen LogP contribution in [0.4, 0.5) is 0 Å². The van der Waals surface area contributed by atoms with Gasteiger partial charge in [-0.1, -0.05) is 60.7 Å². The number of benzene rings is 3. The van der Waals surface area contributed by atoms with E-state index in [0.29, 0.717) is 24.1 Å². The molecule has 2 bridgehead atoms. The van der Waals surface area contributed by atoms with E-state index in [1.807, 2.05) is 23.1 Å². The predicted molar refractivity (Wildman–Crippen MR) is 147 cm³/mol. The van der Waals surface area contributed by atoms with E-state index in [-0.39, 0.29) is 48.8 Å². The minimum Gasteiger partial charge on any atom is -0.333 e.